The first-order valence-electron chi connectivity index (χ1n) is 6.69. The van der Waals surface area contributed by atoms with E-state index >= 15 is 0 Å². The maximum atomic E-state index is 5.98. The summed E-state index contributed by atoms with van der Waals surface area (Å²) in [7, 11) is 0. The van der Waals surface area contributed by atoms with Gasteiger partial charge in [-0.05, 0) is 55.4 Å². The third-order valence-corrected chi connectivity index (χ3v) is 4.55. The van der Waals surface area contributed by atoms with Gasteiger partial charge in [0, 0.05) is 16.7 Å². The van der Waals surface area contributed by atoms with E-state index in [-0.39, 0.29) is 5.54 Å². The minimum atomic E-state index is 0.113. The van der Waals surface area contributed by atoms with Gasteiger partial charge in [-0.1, -0.05) is 29.8 Å². The van der Waals surface area contributed by atoms with Gasteiger partial charge in [0.1, 0.15) is 0 Å². The zero-order valence-corrected chi connectivity index (χ0v) is 13.0. The Bertz CT molecular complexity index is 402. The van der Waals surface area contributed by atoms with Crippen LogP contribution in [0.4, 0.5) is 5.69 Å². The van der Waals surface area contributed by atoms with Gasteiger partial charge in [0.05, 0.1) is 5.54 Å². The zero-order valence-electron chi connectivity index (χ0n) is 11.5. The highest BCUT2D eigenvalue weighted by Crippen LogP contribution is 2.43. The molecule has 2 nitrogen and oxygen atoms in total. The number of nitrogens with two attached hydrogens (primary N) is 1. The molecule has 0 atom stereocenters. The smallest absolute Gasteiger partial charge is 0.0501 e. The maximum absolute atomic E-state index is 5.98. The van der Waals surface area contributed by atoms with Crippen molar-refractivity contribution in [1.29, 1.82) is 0 Å². The molecule has 100 valence electrons. The van der Waals surface area contributed by atoms with E-state index in [9.17, 15) is 0 Å². The Balaban J connectivity index is 2.08. The van der Waals surface area contributed by atoms with Gasteiger partial charge < -0.3 is 11.1 Å². The molecule has 0 heterocycles. The lowest BCUT2D eigenvalue weighted by Gasteiger charge is -2.50. The highest BCUT2D eigenvalue weighted by Gasteiger charge is 2.44. The lowest BCUT2D eigenvalue weighted by molar-refractivity contribution is 0.130. The van der Waals surface area contributed by atoms with Crippen LogP contribution in [0.25, 0.3) is 0 Å². The molecule has 0 saturated heterocycles. The second-order valence-corrected chi connectivity index (χ2v) is 6.95. The number of rotatable bonds is 4. The van der Waals surface area contributed by atoms with Crippen LogP contribution in [0.15, 0.2) is 22.7 Å². The second kappa shape index (κ2) is 5.22. The minimum Gasteiger partial charge on any atom is -0.378 e. The van der Waals surface area contributed by atoms with Crippen LogP contribution in [0.3, 0.4) is 0 Å². The van der Waals surface area contributed by atoms with Crippen molar-refractivity contribution in [2.45, 2.75) is 39.2 Å². The third-order valence-electron chi connectivity index (χ3n) is 4.09. The van der Waals surface area contributed by atoms with Crippen LogP contribution in [-0.4, -0.2) is 12.1 Å². The number of hydrogen-bond acceptors (Lipinski definition) is 2. The Kier molecular flexibility index (Phi) is 4.02. The summed E-state index contributed by atoms with van der Waals surface area (Å²) in [6.07, 6.45) is 2.37. The molecule has 0 amide bonds. The average Bonchev–Trinajstić information content (AvgIpc) is 2.20. The van der Waals surface area contributed by atoms with Crippen LogP contribution < -0.4 is 11.1 Å². The van der Waals surface area contributed by atoms with Crippen molar-refractivity contribution in [3.05, 3.63) is 28.2 Å². The van der Waals surface area contributed by atoms with Crippen molar-refractivity contribution >= 4 is 21.6 Å². The standard InChI is InChI=1S/C15H23BrN2/c1-10(2)12-7-15(8-12,9-17)18-14-5-11(3)4-13(16)6-14/h4-6,10,12,18H,7-9,17H2,1-3H3. The molecular weight excluding hydrogens is 288 g/mol. The molecule has 0 radical (unpaired) electrons. The molecule has 2 rings (SSSR count). The number of aryl methyl sites for hydroxylation is 1. The summed E-state index contributed by atoms with van der Waals surface area (Å²) in [5, 5.41) is 3.65. The van der Waals surface area contributed by atoms with Crippen LogP contribution in [0.2, 0.25) is 0 Å². The molecule has 3 heteroatoms. The summed E-state index contributed by atoms with van der Waals surface area (Å²) in [4.78, 5) is 0. The zero-order chi connectivity index (χ0) is 13.3. The van der Waals surface area contributed by atoms with Crippen LogP contribution in [0, 0.1) is 18.8 Å². The second-order valence-electron chi connectivity index (χ2n) is 6.04. The normalized spacial score (nSPS) is 27.1. The Hall–Kier alpha value is -0.540. The number of benzene rings is 1. The van der Waals surface area contributed by atoms with E-state index in [0.717, 1.165) is 16.3 Å². The third kappa shape index (κ3) is 2.89. The van der Waals surface area contributed by atoms with E-state index in [1.165, 1.54) is 24.1 Å². The lowest BCUT2D eigenvalue weighted by atomic mass is 9.64. The van der Waals surface area contributed by atoms with Gasteiger partial charge >= 0.3 is 0 Å². The van der Waals surface area contributed by atoms with Crippen molar-refractivity contribution in [2.75, 3.05) is 11.9 Å². The van der Waals surface area contributed by atoms with Crippen LogP contribution in [0.1, 0.15) is 32.3 Å². The van der Waals surface area contributed by atoms with E-state index in [0.29, 0.717) is 6.54 Å². The Morgan fingerprint density at radius 3 is 2.56 bits per heavy atom. The first-order chi connectivity index (χ1) is 8.44. The van der Waals surface area contributed by atoms with Crippen LogP contribution >= 0.6 is 15.9 Å². The molecule has 1 fully saturated rings. The van der Waals surface area contributed by atoms with Crippen molar-refractivity contribution in [2.24, 2.45) is 17.6 Å². The summed E-state index contributed by atoms with van der Waals surface area (Å²) in [5.74, 6) is 1.57. The summed E-state index contributed by atoms with van der Waals surface area (Å²) in [6.45, 7) is 7.42. The van der Waals surface area contributed by atoms with Gasteiger partial charge in [-0.25, -0.2) is 0 Å². The molecule has 0 aromatic heterocycles. The van der Waals surface area contributed by atoms with E-state index < -0.39 is 0 Å². The first-order valence-corrected chi connectivity index (χ1v) is 7.49. The Morgan fingerprint density at radius 2 is 2.06 bits per heavy atom. The van der Waals surface area contributed by atoms with Crippen LogP contribution in [-0.2, 0) is 0 Å². The number of hydrogen-bond donors (Lipinski definition) is 2. The monoisotopic (exact) mass is 310 g/mol. The minimum absolute atomic E-state index is 0.113. The van der Waals surface area contributed by atoms with Crippen molar-refractivity contribution in [3.63, 3.8) is 0 Å². The molecule has 1 aromatic carbocycles. The van der Waals surface area contributed by atoms with E-state index in [1.54, 1.807) is 0 Å². The van der Waals surface area contributed by atoms with Gasteiger partial charge in [0.25, 0.3) is 0 Å². The van der Waals surface area contributed by atoms with Crippen LogP contribution in [0.5, 0.6) is 0 Å². The SMILES string of the molecule is Cc1cc(Br)cc(NC2(CN)CC(C(C)C)C2)c1. The number of nitrogens with one attached hydrogen (secondary N) is 1. The Labute approximate surface area is 118 Å². The molecule has 0 bridgehead atoms. The molecule has 18 heavy (non-hydrogen) atoms. The molecule has 0 aliphatic heterocycles. The van der Waals surface area contributed by atoms with Crippen molar-refractivity contribution < 1.29 is 0 Å². The highest BCUT2D eigenvalue weighted by molar-refractivity contribution is 9.10. The maximum Gasteiger partial charge on any atom is 0.0501 e. The van der Waals surface area contributed by atoms with E-state index in [1.807, 2.05) is 0 Å². The summed E-state index contributed by atoms with van der Waals surface area (Å²) >= 11 is 3.55. The van der Waals surface area contributed by atoms with Gasteiger partial charge in [-0.15, -0.1) is 0 Å². The predicted octanol–water partition coefficient (Wildman–Crippen LogP) is 3.93. The molecule has 1 saturated carbocycles. The van der Waals surface area contributed by atoms with Gasteiger partial charge in [-0.2, -0.15) is 0 Å². The molecule has 3 N–H and O–H groups in total. The topological polar surface area (TPSA) is 38.0 Å². The summed E-state index contributed by atoms with van der Waals surface area (Å²) in [5.41, 5.74) is 8.53. The fourth-order valence-corrected chi connectivity index (χ4v) is 3.46. The summed E-state index contributed by atoms with van der Waals surface area (Å²) in [6, 6.07) is 6.44. The largest absolute Gasteiger partial charge is 0.378 e. The molecule has 1 aromatic rings. The molecule has 1 aliphatic rings. The average molecular weight is 311 g/mol. The van der Waals surface area contributed by atoms with E-state index in [4.69, 9.17) is 5.73 Å². The first kappa shape index (κ1) is 13.9. The molecular formula is C15H23BrN2. The predicted molar refractivity (Wildman–Crippen MR) is 81.8 cm³/mol. The van der Waals surface area contributed by atoms with Gasteiger partial charge in [-0.3, -0.25) is 0 Å². The lowest BCUT2D eigenvalue weighted by Crippen LogP contribution is -2.56. The molecule has 0 spiro atoms. The molecule has 1 aliphatic carbocycles. The Morgan fingerprint density at radius 1 is 1.39 bits per heavy atom. The summed E-state index contributed by atoms with van der Waals surface area (Å²) < 4.78 is 1.12. The van der Waals surface area contributed by atoms with Crippen molar-refractivity contribution in [1.82, 2.24) is 0 Å². The van der Waals surface area contributed by atoms with Gasteiger partial charge in [0.15, 0.2) is 0 Å². The van der Waals surface area contributed by atoms with Gasteiger partial charge in [0.2, 0.25) is 0 Å². The highest BCUT2D eigenvalue weighted by atomic mass is 79.9. The molecule has 0 unspecified atom stereocenters. The van der Waals surface area contributed by atoms with Crippen molar-refractivity contribution in [3.8, 4) is 0 Å². The fourth-order valence-electron chi connectivity index (χ4n) is 2.85. The quantitative estimate of drug-likeness (QED) is 0.884. The number of halogens is 1. The van der Waals surface area contributed by atoms with E-state index in [2.05, 4.69) is 60.2 Å². The fraction of sp³-hybridized carbons (Fsp3) is 0.600. The number of anilines is 1.